The Balaban J connectivity index is 0.00000256. The lowest BCUT2D eigenvalue weighted by atomic mass is 10.1. The molecular formula is C10H24ClN3O2S. The van der Waals surface area contributed by atoms with Crippen LogP contribution < -0.4 is 10.0 Å². The molecule has 1 rings (SSSR count). The minimum atomic E-state index is -3.31. The fraction of sp³-hybridized carbons (Fsp3) is 1.00. The Hall–Kier alpha value is 0.120. The van der Waals surface area contributed by atoms with E-state index < -0.39 is 10.2 Å². The number of nitrogens with one attached hydrogen (secondary N) is 2. The van der Waals surface area contributed by atoms with Crippen molar-refractivity contribution < 1.29 is 8.42 Å². The fourth-order valence-electron chi connectivity index (χ4n) is 2.00. The van der Waals surface area contributed by atoms with Crippen LogP contribution in [0.25, 0.3) is 0 Å². The summed E-state index contributed by atoms with van der Waals surface area (Å²) in [4.78, 5) is 0. The van der Waals surface area contributed by atoms with Crippen molar-refractivity contribution in [3.05, 3.63) is 0 Å². The number of hydrogen-bond donors (Lipinski definition) is 2. The summed E-state index contributed by atoms with van der Waals surface area (Å²) in [5.41, 5.74) is 0. The Morgan fingerprint density at radius 1 is 1.47 bits per heavy atom. The van der Waals surface area contributed by atoms with E-state index in [1.54, 1.807) is 4.31 Å². The van der Waals surface area contributed by atoms with Crippen LogP contribution in [0.2, 0.25) is 0 Å². The first-order valence-electron chi connectivity index (χ1n) is 5.97. The molecule has 1 fully saturated rings. The average molecular weight is 286 g/mol. The first kappa shape index (κ1) is 17.1. The monoisotopic (exact) mass is 285 g/mol. The quantitative estimate of drug-likeness (QED) is 0.783. The normalized spacial score (nSPS) is 22.5. The van der Waals surface area contributed by atoms with Gasteiger partial charge in [-0.15, -0.1) is 12.4 Å². The number of hydrogen-bond acceptors (Lipinski definition) is 3. The second-order valence-corrected chi connectivity index (χ2v) is 6.19. The van der Waals surface area contributed by atoms with Gasteiger partial charge in [0, 0.05) is 31.7 Å². The molecule has 7 heteroatoms. The first-order chi connectivity index (χ1) is 7.47. The summed E-state index contributed by atoms with van der Waals surface area (Å²) < 4.78 is 28.4. The Morgan fingerprint density at radius 2 is 2.12 bits per heavy atom. The first-order valence-corrected chi connectivity index (χ1v) is 7.41. The second-order valence-electron chi connectivity index (χ2n) is 4.53. The van der Waals surface area contributed by atoms with Gasteiger partial charge in [-0.05, 0) is 20.3 Å². The number of rotatable bonds is 5. The van der Waals surface area contributed by atoms with Crippen LogP contribution in [0.1, 0.15) is 33.6 Å². The highest BCUT2D eigenvalue weighted by Crippen LogP contribution is 2.13. The largest absolute Gasteiger partial charge is 0.314 e. The van der Waals surface area contributed by atoms with Crippen molar-refractivity contribution in [2.75, 3.05) is 19.6 Å². The van der Waals surface area contributed by atoms with E-state index in [9.17, 15) is 8.42 Å². The summed E-state index contributed by atoms with van der Waals surface area (Å²) in [6.07, 6.45) is 1.91. The third-order valence-electron chi connectivity index (χ3n) is 2.61. The molecule has 0 aliphatic carbocycles. The van der Waals surface area contributed by atoms with Crippen LogP contribution >= 0.6 is 12.4 Å². The summed E-state index contributed by atoms with van der Waals surface area (Å²) in [6.45, 7) is 7.82. The van der Waals surface area contributed by atoms with Gasteiger partial charge in [-0.2, -0.15) is 17.4 Å². The predicted molar refractivity (Wildman–Crippen MR) is 72.7 cm³/mol. The van der Waals surface area contributed by atoms with Crippen molar-refractivity contribution in [2.45, 2.75) is 45.7 Å². The fourth-order valence-corrected chi connectivity index (χ4v) is 3.64. The third kappa shape index (κ3) is 5.09. The molecule has 0 saturated carbocycles. The standard InChI is InChI=1S/C10H23N3O2S.ClH/c1-4-5-10-8-11-6-7-13(10)16(14,15)12-9(2)3;/h9-12H,4-8H2,1-3H3;1H. The van der Waals surface area contributed by atoms with Crippen molar-refractivity contribution in [3.63, 3.8) is 0 Å². The molecule has 0 amide bonds. The number of halogens is 1. The van der Waals surface area contributed by atoms with Gasteiger partial charge < -0.3 is 5.32 Å². The molecule has 5 nitrogen and oxygen atoms in total. The maximum absolute atomic E-state index is 12.1. The van der Waals surface area contributed by atoms with E-state index in [4.69, 9.17) is 0 Å². The minimum absolute atomic E-state index is 0. The van der Waals surface area contributed by atoms with Crippen LogP contribution in [0.3, 0.4) is 0 Å². The number of piperazine rings is 1. The lowest BCUT2D eigenvalue weighted by molar-refractivity contribution is 0.250. The van der Waals surface area contributed by atoms with Gasteiger partial charge in [-0.1, -0.05) is 13.3 Å². The van der Waals surface area contributed by atoms with Gasteiger partial charge in [0.05, 0.1) is 0 Å². The molecule has 2 N–H and O–H groups in total. The number of nitrogens with zero attached hydrogens (tertiary/aromatic N) is 1. The SMILES string of the molecule is CCCC1CNCCN1S(=O)(=O)NC(C)C.Cl. The van der Waals surface area contributed by atoms with E-state index in [1.165, 1.54) is 0 Å². The molecule has 0 spiro atoms. The van der Waals surface area contributed by atoms with E-state index in [0.717, 1.165) is 25.9 Å². The molecule has 0 aromatic carbocycles. The van der Waals surface area contributed by atoms with E-state index in [2.05, 4.69) is 17.0 Å². The molecule has 0 bridgehead atoms. The third-order valence-corrected chi connectivity index (χ3v) is 4.48. The van der Waals surface area contributed by atoms with Gasteiger partial charge in [0.1, 0.15) is 0 Å². The van der Waals surface area contributed by atoms with E-state index >= 15 is 0 Å². The summed E-state index contributed by atoms with van der Waals surface area (Å²) >= 11 is 0. The lowest BCUT2D eigenvalue weighted by Crippen LogP contribution is -2.57. The highest BCUT2D eigenvalue weighted by atomic mass is 35.5. The molecule has 0 aromatic rings. The molecule has 1 aliphatic rings. The van der Waals surface area contributed by atoms with E-state index in [-0.39, 0.29) is 24.5 Å². The molecule has 1 unspecified atom stereocenters. The zero-order valence-electron chi connectivity index (χ0n) is 10.8. The van der Waals surface area contributed by atoms with Crippen molar-refractivity contribution in [1.29, 1.82) is 0 Å². The molecule has 0 radical (unpaired) electrons. The Labute approximate surface area is 111 Å². The van der Waals surface area contributed by atoms with Crippen LogP contribution in [0.4, 0.5) is 0 Å². The maximum Gasteiger partial charge on any atom is 0.280 e. The molecule has 0 aromatic heterocycles. The van der Waals surface area contributed by atoms with Crippen LogP contribution in [-0.2, 0) is 10.2 Å². The Kier molecular flexibility index (Phi) is 7.58. The maximum atomic E-state index is 12.1. The van der Waals surface area contributed by atoms with Crippen molar-refractivity contribution >= 4 is 22.6 Å². The molecule has 17 heavy (non-hydrogen) atoms. The van der Waals surface area contributed by atoms with Crippen LogP contribution in [-0.4, -0.2) is 44.4 Å². The summed E-state index contributed by atoms with van der Waals surface area (Å²) in [5.74, 6) is 0. The highest BCUT2D eigenvalue weighted by molar-refractivity contribution is 7.87. The molecule has 104 valence electrons. The summed E-state index contributed by atoms with van der Waals surface area (Å²) in [5, 5.41) is 3.24. The van der Waals surface area contributed by atoms with Crippen LogP contribution in [0.5, 0.6) is 0 Å². The van der Waals surface area contributed by atoms with Crippen LogP contribution in [0.15, 0.2) is 0 Å². The van der Waals surface area contributed by atoms with Gasteiger partial charge >= 0.3 is 0 Å². The lowest BCUT2D eigenvalue weighted by Gasteiger charge is -2.35. The molecule has 1 heterocycles. The average Bonchev–Trinajstić information content (AvgIpc) is 2.17. The van der Waals surface area contributed by atoms with Gasteiger partial charge in [0.15, 0.2) is 0 Å². The summed E-state index contributed by atoms with van der Waals surface area (Å²) in [6, 6.07) is 0.0390. The van der Waals surface area contributed by atoms with Crippen LogP contribution in [0, 0.1) is 0 Å². The van der Waals surface area contributed by atoms with Crippen molar-refractivity contribution in [2.24, 2.45) is 0 Å². The second kappa shape index (κ2) is 7.53. The van der Waals surface area contributed by atoms with Crippen molar-refractivity contribution in [1.82, 2.24) is 14.3 Å². The highest BCUT2D eigenvalue weighted by Gasteiger charge is 2.31. The predicted octanol–water partition coefficient (Wildman–Crippen LogP) is 0.725. The molecule has 1 atom stereocenters. The van der Waals surface area contributed by atoms with Crippen molar-refractivity contribution in [3.8, 4) is 0 Å². The topological polar surface area (TPSA) is 61.4 Å². The smallest absolute Gasteiger partial charge is 0.280 e. The van der Waals surface area contributed by atoms with E-state index in [1.807, 2.05) is 13.8 Å². The summed E-state index contributed by atoms with van der Waals surface area (Å²) in [7, 11) is -3.31. The Morgan fingerprint density at radius 3 is 2.65 bits per heavy atom. The Bertz CT molecular complexity index is 307. The van der Waals surface area contributed by atoms with E-state index in [0.29, 0.717) is 6.54 Å². The molecule has 1 saturated heterocycles. The minimum Gasteiger partial charge on any atom is -0.314 e. The molecular weight excluding hydrogens is 262 g/mol. The zero-order valence-corrected chi connectivity index (χ0v) is 12.4. The van der Waals surface area contributed by atoms with Gasteiger partial charge in [-0.25, -0.2) is 0 Å². The van der Waals surface area contributed by atoms with Gasteiger partial charge in [-0.3, -0.25) is 0 Å². The van der Waals surface area contributed by atoms with Gasteiger partial charge in [0.2, 0.25) is 0 Å². The molecule has 1 aliphatic heterocycles. The van der Waals surface area contributed by atoms with Gasteiger partial charge in [0.25, 0.3) is 10.2 Å². The zero-order chi connectivity index (χ0) is 12.2.